The molecule has 138 valence electrons. The normalized spacial score (nSPS) is 12.4. The van der Waals surface area contributed by atoms with Crippen LogP contribution in [-0.2, 0) is 32.2 Å². The minimum Gasteiger partial charge on any atom is -0.411 e. The first-order chi connectivity index (χ1) is 11.7. The first-order valence-electron chi connectivity index (χ1n) is 7.49. The Morgan fingerprint density at radius 1 is 1.16 bits per heavy atom. The van der Waals surface area contributed by atoms with Gasteiger partial charge in [-0.15, -0.1) is 5.10 Å². The Morgan fingerprint density at radius 2 is 1.88 bits per heavy atom. The van der Waals surface area contributed by atoms with E-state index in [-0.39, 0.29) is 23.8 Å². The summed E-state index contributed by atoms with van der Waals surface area (Å²) in [6, 6.07) is 5.44. The van der Waals surface area contributed by atoms with Crippen LogP contribution in [0.1, 0.15) is 31.2 Å². The van der Waals surface area contributed by atoms with Crippen molar-refractivity contribution in [1.29, 1.82) is 0 Å². The molecular weight excluding hydrogens is 373 g/mol. The van der Waals surface area contributed by atoms with Crippen LogP contribution in [0.4, 0.5) is 4.39 Å². The molecule has 0 amide bonds. The second-order valence-corrected chi connectivity index (χ2v) is 9.10. The van der Waals surface area contributed by atoms with Crippen molar-refractivity contribution in [3.8, 4) is 0 Å². The van der Waals surface area contributed by atoms with Crippen molar-refractivity contribution in [2.45, 2.75) is 37.3 Å². The van der Waals surface area contributed by atoms with Crippen LogP contribution < -0.4 is 4.72 Å². The maximum atomic E-state index is 13.6. The number of sulfone groups is 1. The van der Waals surface area contributed by atoms with Crippen molar-refractivity contribution < 1.29 is 25.6 Å². The van der Waals surface area contributed by atoms with Gasteiger partial charge in [-0.3, -0.25) is 0 Å². The first kappa shape index (κ1) is 19.5. The Hall–Kier alpha value is -1.85. The third-order valence-electron chi connectivity index (χ3n) is 3.23. The quantitative estimate of drug-likeness (QED) is 0.686. The van der Waals surface area contributed by atoms with Gasteiger partial charge < -0.3 is 4.42 Å². The molecule has 0 radical (unpaired) electrons. The van der Waals surface area contributed by atoms with E-state index in [1.54, 1.807) is 0 Å². The summed E-state index contributed by atoms with van der Waals surface area (Å²) in [7, 11) is -7.54. The van der Waals surface area contributed by atoms with Crippen LogP contribution in [-0.4, -0.2) is 32.8 Å². The molecule has 1 N–H and O–H groups in total. The fourth-order valence-corrected chi connectivity index (χ4v) is 4.21. The first-order valence-corrected chi connectivity index (χ1v) is 10.8. The number of unbranched alkanes of at least 4 members (excludes halogenated alkanes) is 1. The maximum absolute atomic E-state index is 13.6. The molecule has 0 fully saturated rings. The zero-order valence-corrected chi connectivity index (χ0v) is 15.1. The van der Waals surface area contributed by atoms with E-state index in [1.165, 1.54) is 18.2 Å². The number of aromatic nitrogens is 2. The molecule has 0 saturated heterocycles. The summed E-state index contributed by atoms with van der Waals surface area (Å²) in [6.45, 7) is 1.55. The van der Waals surface area contributed by atoms with Gasteiger partial charge in [-0.25, -0.2) is 25.9 Å². The number of rotatable bonds is 9. The molecule has 0 atom stereocenters. The summed E-state index contributed by atoms with van der Waals surface area (Å²) in [4.78, 5) is 0. The molecule has 0 spiro atoms. The van der Waals surface area contributed by atoms with Gasteiger partial charge >= 0.3 is 5.22 Å². The number of benzene rings is 1. The van der Waals surface area contributed by atoms with Crippen molar-refractivity contribution in [2.24, 2.45) is 0 Å². The number of hydrogen-bond acceptors (Lipinski definition) is 7. The molecule has 1 aromatic carbocycles. The highest BCUT2D eigenvalue weighted by atomic mass is 32.2. The van der Waals surface area contributed by atoms with Crippen molar-refractivity contribution in [3.05, 3.63) is 41.5 Å². The smallest absolute Gasteiger partial charge is 0.335 e. The fraction of sp³-hybridized carbons (Fsp3) is 0.429. The second-order valence-electron chi connectivity index (χ2n) is 5.31. The third-order valence-corrected chi connectivity index (χ3v) is 6.03. The van der Waals surface area contributed by atoms with E-state index in [1.807, 2.05) is 6.92 Å². The van der Waals surface area contributed by atoms with E-state index in [9.17, 15) is 21.2 Å². The zero-order chi connectivity index (χ0) is 18.5. The summed E-state index contributed by atoms with van der Waals surface area (Å²) in [5, 5.41) is 6.25. The fourth-order valence-electron chi connectivity index (χ4n) is 1.90. The van der Waals surface area contributed by atoms with Crippen molar-refractivity contribution in [1.82, 2.24) is 14.9 Å². The molecule has 8 nitrogen and oxygen atoms in total. The van der Waals surface area contributed by atoms with Crippen LogP contribution >= 0.6 is 0 Å². The Morgan fingerprint density at radius 3 is 2.56 bits per heavy atom. The number of nitrogens with one attached hydrogen (secondary N) is 1. The molecule has 0 aliphatic heterocycles. The summed E-state index contributed by atoms with van der Waals surface area (Å²) >= 11 is 0. The number of hydrogen-bond donors (Lipinski definition) is 1. The van der Waals surface area contributed by atoms with Gasteiger partial charge in [0.1, 0.15) is 5.82 Å². The predicted octanol–water partition coefficient (Wildman–Crippen LogP) is 1.40. The average molecular weight is 391 g/mol. The van der Waals surface area contributed by atoms with Crippen LogP contribution in [0.2, 0.25) is 0 Å². The van der Waals surface area contributed by atoms with Crippen molar-refractivity contribution in [2.75, 3.05) is 5.75 Å². The van der Waals surface area contributed by atoms with Gasteiger partial charge in [0, 0.05) is 5.56 Å². The lowest BCUT2D eigenvalue weighted by atomic mass is 10.2. The Balaban J connectivity index is 2.06. The van der Waals surface area contributed by atoms with E-state index >= 15 is 0 Å². The van der Waals surface area contributed by atoms with Gasteiger partial charge in [-0.2, -0.15) is 0 Å². The predicted molar refractivity (Wildman–Crippen MR) is 87.1 cm³/mol. The second kappa shape index (κ2) is 8.02. The largest absolute Gasteiger partial charge is 0.411 e. The lowest BCUT2D eigenvalue weighted by Gasteiger charge is -2.03. The molecule has 0 aliphatic carbocycles. The van der Waals surface area contributed by atoms with Gasteiger partial charge in [0.25, 0.3) is 0 Å². The average Bonchev–Trinajstić information content (AvgIpc) is 3.03. The third kappa shape index (κ3) is 5.58. The Bertz CT molecular complexity index is 925. The van der Waals surface area contributed by atoms with E-state index in [4.69, 9.17) is 4.42 Å². The highest BCUT2D eigenvalue weighted by Crippen LogP contribution is 2.17. The Labute approximate surface area is 145 Å². The van der Waals surface area contributed by atoms with Gasteiger partial charge in [0.05, 0.1) is 18.1 Å². The number of nitrogens with zero attached hydrogens (tertiary/aromatic N) is 2. The van der Waals surface area contributed by atoms with E-state index < -0.39 is 36.7 Å². The van der Waals surface area contributed by atoms with Gasteiger partial charge in [0.2, 0.25) is 25.8 Å². The van der Waals surface area contributed by atoms with E-state index in [0.29, 0.717) is 6.42 Å². The van der Waals surface area contributed by atoms with Crippen molar-refractivity contribution in [3.63, 3.8) is 0 Å². The lowest BCUT2D eigenvalue weighted by Crippen LogP contribution is -2.26. The monoisotopic (exact) mass is 391 g/mol. The summed E-state index contributed by atoms with van der Waals surface area (Å²) in [5.41, 5.74) is -0.0254. The number of halogens is 1. The molecule has 0 unspecified atom stereocenters. The molecule has 11 heteroatoms. The standard InChI is InChI=1S/C14H18FN3O5S2/c1-2-3-8-25(21,22)16-9-13-17-18-14(23-13)24(19,20)10-11-6-4-5-7-12(11)15/h4-7,16H,2-3,8-10H2,1H3. The van der Waals surface area contributed by atoms with Crippen LogP contribution in [0.3, 0.4) is 0 Å². The van der Waals surface area contributed by atoms with Crippen LogP contribution in [0.15, 0.2) is 33.9 Å². The van der Waals surface area contributed by atoms with Gasteiger partial charge in [0.15, 0.2) is 0 Å². The summed E-state index contributed by atoms with van der Waals surface area (Å²) in [5.74, 6) is -1.53. The Kier molecular flexibility index (Phi) is 6.25. The highest BCUT2D eigenvalue weighted by molar-refractivity contribution is 7.90. The molecular formula is C14H18FN3O5S2. The van der Waals surface area contributed by atoms with Crippen molar-refractivity contribution >= 4 is 19.9 Å². The van der Waals surface area contributed by atoms with Crippen LogP contribution in [0.25, 0.3) is 0 Å². The minimum absolute atomic E-state index is 0.0254. The molecule has 0 saturated carbocycles. The molecule has 2 aromatic rings. The van der Waals surface area contributed by atoms with E-state index in [2.05, 4.69) is 14.9 Å². The maximum Gasteiger partial charge on any atom is 0.335 e. The zero-order valence-electron chi connectivity index (χ0n) is 13.5. The topological polar surface area (TPSA) is 119 Å². The lowest BCUT2D eigenvalue weighted by molar-refractivity contribution is 0.393. The minimum atomic E-state index is -4.04. The SMILES string of the molecule is CCCCS(=O)(=O)NCc1nnc(S(=O)(=O)Cc2ccccc2F)o1. The molecule has 1 aromatic heterocycles. The van der Waals surface area contributed by atoms with Crippen LogP contribution in [0, 0.1) is 5.82 Å². The molecule has 2 rings (SSSR count). The summed E-state index contributed by atoms with van der Waals surface area (Å²) in [6.07, 6.45) is 1.22. The molecule has 0 aliphatic rings. The highest BCUT2D eigenvalue weighted by Gasteiger charge is 2.24. The molecule has 0 bridgehead atoms. The molecule has 25 heavy (non-hydrogen) atoms. The van der Waals surface area contributed by atoms with E-state index in [0.717, 1.165) is 12.5 Å². The van der Waals surface area contributed by atoms with Crippen LogP contribution in [0.5, 0.6) is 0 Å². The molecule has 1 heterocycles. The summed E-state index contributed by atoms with van der Waals surface area (Å²) < 4.78 is 68.6. The van der Waals surface area contributed by atoms with Gasteiger partial charge in [-0.05, 0) is 12.5 Å². The van der Waals surface area contributed by atoms with Gasteiger partial charge in [-0.1, -0.05) is 36.6 Å². The number of sulfonamides is 1.